The standard InChI is InChI=1S/C15H22N2OS/c1-3-16(4-2)10-11-17-14(18)12-19-15(17)13-8-6-5-7-9-13/h5-9,15H,3-4,10-12H2,1-2H3/t15-/m1/s1. The van der Waals surface area contributed by atoms with Crippen LogP contribution in [-0.2, 0) is 4.79 Å². The van der Waals surface area contributed by atoms with Gasteiger partial charge in [0.15, 0.2) is 0 Å². The molecule has 1 heterocycles. The maximum atomic E-state index is 12.0. The van der Waals surface area contributed by atoms with E-state index in [1.54, 1.807) is 11.8 Å². The molecule has 0 unspecified atom stereocenters. The first-order valence-electron chi connectivity index (χ1n) is 6.94. The van der Waals surface area contributed by atoms with Gasteiger partial charge in [0.1, 0.15) is 5.37 Å². The molecule has 0 bridgehead atoms. The lowest BCUT2D eigenvalue weighted by atomic mass is 10.2. The van der Waals surface area contributed by atoms with Crippen molar-refractivity contribution in [2.24, 2.45) is 0 Å². The van der Waals surface area contributed by atoms with Crippen LogP contribution in [0.2, 0.25) is 0 Å². The molecule has 1 aromatic carbocycles. The monoisotopic (exact) mass is 278 g/mol. The predicted molar refractivity (Wildman–Crippen MR) is 81.1 cm³/mol. The van der Waals surface area contributed by atoms with Gasteiger partial charge in [-0.15, -0.1) is 11.8 Å². The van der Waals surface area contributed by atoms with Gasteiger partial charge in [-0.3, -0.25) is 4.79 Å². The normalized spacial score (nSPS) is 19.4. The molecular formula is C15H22N2OS. The Morgan fingerprint density at radius 1 is 1.26 bits per heavy atom. The lowest BCUT2D eigenvalue weighted by Crippen LogP contribution is -2.37. The van der Waals surface area contributed by atoms with Crippen molar-refractivity contribution in [3.8, 4) is 0 Å². The Bertz CT molecular complexity index is 406. The number of nitrogens with zero attached hydrogens (tertiary/aromatic N) is 2. The van der Waals surface area contributed by atoms with E-state index >= 15 is 0 Å². The van der Waals surface area contributed by atoms with E-state index in [9.17, 15) is 4.79 Å². The second-order valence-corrected chi connectivity index (χ2v) is 5.76. The molecule has 1 amide bonds. The molecule has 1 atom stereocenters. The number of carbonyl (C=O) groups excluding carboxylic acids is 1. The highest BCUT2D eigenvalue weighted by Gasteiger charge is 2.32. The molecule has 1 aliphatic heterocycles. The number of likely N-dealkylation sites (N-methyl/N-ethyl adjacent to an activating group) is 1. The summed E-state index contributed by atoms with van der Waals surface area (Å²) < 4.78 is 0. The first-order valence-corrected chi connectivity index (χ1v) is 7.99. The maximum Gasteiger partial charge on any atom is 0.233 e. The van der Waals surface area contributed by atoms with E-state index in [0.717, 1.165) is 26.2 Å². The van der Waals surface area contributed by atoms with Crippen molar-refractivity contribution in [2.75, 3.05) is 31.9 Å². The molecule has 1 saturated heterocycles. The number of thioether (sulfide) groups is 1. The van der Waals surface area contributed by atoms with Crippen LogP contribution in [0.25, 0.3) is 0 Å². The Balaban J connectivity index is 2.02. The van der Waals surface area contributed by atoms with Crippen LogP contribution in [0.15, 0.2) is 30.3 Å². The maximum absolute atomic E-state index is 12.0. The third-order valence-electron chi connectivity index (χ3n) is 3.60. The largest absolute Gasteiger partial charge is 0.325 e. The van der Waals surface area contributed by atoms with Crippen LogP contribution in [-0.4, -0.2) is 47.6 Å². The Hall–Kier alpha value is -1.00. The van der Waals surface area contributed by atoms with Gasteiger partial charge >= 0.3 is 0 Å². The third-order valence-corrected chi connectivity index (χ3v) is 4.86. The predicted octanol–water partition coefficient (Wildman–Crippen LogP) is 2.60. The van der Waals surface area contributed by atoms with Gasteiger partial charge in [-0.05, 0) is 18.7 Å². The minimum Gasteiger partial charge on any atom is -0.325 e. The minimum atomic E-state index is 0.198. The van der Waals surface area contributed by atoms with Gasteiger partial charge in [0.05, 0.1) is 5.75 Å². The first-order chi connectivity index (χ1) is 9.26. The number of hydrogen-bond donors (Lipinski definition) is 0. The van der Waals surface area contributed by atoms with Gasteiger partial charge in [-0.1, -0.05) is 44.2 Å². The van der Waals surface area contributed by atoms with Gasteiger partial charge in [-0.2, -0.15) is 0 Å². The topological polar surface area (TPSA) is 23.6 Å². The molecule has 104 valence electrons. The second kappa shape index (κ2) is 6.96. The van der Waals surface area contributed by atoms with E-state index < -0.39 is 0 Å². The summed E-state index contributed by atoms with van der Waals surface area (Å²) in [5.41, 5.74) is 1.23. The van der Waals surface area contributed by atoms with Gasteiger partial charge in [0.2, 0.25) is 5.91 Å². The molecule has 1 fully saturated rings. The van der Waals surface area contributed by atoms with Crippen LogP contribution in [0.3, 0.4) is 0 Å². The van der Waals surface area contributed by atoms with Crippen molar-refractivity contribution in [3.05, 3.63) is 35.9 Å². The van der Waals surface area contributed by atoms with Crippen molar-refractivity contribution in [1.82, 2.24) is 9.80 Å². The molecule has 4 heteroatoms. The van der Waals surface area contributed by atoms with Crippen molar-refractivity contribution in [3.63, 3.8) is 0 Å². The number of benzene rings is 1. The summed E-state index contributed by atoms with van der Waals surface area (Å²) in [4.78, 5) is 16.4. The number of carbonyl (C=O) groups is 1. The summed E-state index contributed by atoms with van der Waals surface area (Å²) in [5, 5.41) is 0.198. The highest BCUT2D eigenvalue weighted by molar-refractivity contribution is 8.00. The summed E-state index contributed by atoms with van der Waals surface area (Å²) in [5.74, 6) is 0.878. The molecule has 0 radical (unpaired) electrons. The van der Waals surface area contributed by atoms with E-state index in [1.807, 2.05) is 23.1 Å². The summed E-state index contributed by atoms with van der Waals surface area (Å²) >= 11 is 1.74. The minimum absolute atomic E-state index is 0.198. The van der Waals surface area contributed by atoms with Gasteiger partial charge in [0.25, 0.3) is 0 Å². The lowest BCUT2D eigenvalue weighted by molar-refractivity contribution is -0.128. The fourth-order valence-electron chi connectivity index (χ4n) is 2.38. The summed E-state index contributed by atoms with van der Waals surface area (Å²) in [6.07, 6.45) is 0. The molecule has 1 aromatic rings. The average molecular weight is 278 g/mol. The molecule has 0 spiro atoms. The zero-order valence-corrected chi connectivity index (χ0v) is 12.5. The highest BCUT2D eigenvalue weighted by atomic mass is 32.2. The fraction of sp³-hybridized carbons (Fsp3) is 0.533. The van der Waals surface area contributed by atoms with Crippen molar-refractivity contribution < 1.29 is 4.79 Å². The number of rotatable bonds is 6. The quantitative estimate of drug-likeness (QED) is 0.799. The lowest BCUT2D eigenvalue weighted by Gasteiger charge is -2.27. The van der Waals surface area contributed by atoms with Crippen LogP contribution >= 0.6 is 11.8 Å². The molecular weight excluding hydrogens is 256 g/mol. The van der Waals surface area contributed by atoms with E-state index in [4.69, 9.17) is 0 Å². The van der Waals surface area contributed by atoms with E-state index in [1.165, 1.54) is 5.56 Å². The van der Waals surface area contributed by atoms with Crippen LogP contribution in [0.5, 0.6) is 0 Å². The SMILES string of the molecule is CCN(CC)CCN1C(=O)CS[C@@H]1c1ccccc1. The number of amides is 1. The van der Waals surface area contributed by atoms with Crippen molar-refractivity contribution >= 4 is 17.7 Å². The summed E-state index contributed by atoms with van der Waals surface area (Å²) in [6, 6.07) is 10.3. The second-order valence-electron chi connectivity index (χ2n) is 4.69. The smallest absolute Gasteiger partial charge is 0.233 e. The molecule has 1 aliphatic rings. The molecule has 0 N–H and O–H groups in total. The van der Waals surface area contributed by atoms with Crippen molar-refractivity contribution in [2.45, 2.75) is 19.2 Å². The molecule has 0 aliphatic carbocycles. The molecule has 0 saturated carbocycles. The van der Waals surface area contributed by atoms with E-state index in [2.05, 4.69) is 30.9 Å². The van der Waals surface area contributed by atoms with E-state index in [-0.39, 0.29) is 11.3 Å². The van der Waals surface area contributed by atoms with E-state index in [0.29, 0.717) is 5.75 Å². The van der Waals surface area contributed by atoms with Gasteiger partial charge in [-0.25, -0.2) is 0 Å². The average Bonchev–Trinajstić information content (AvgIpc) is 2.82. The molecule has 0 aromatic heterocycles. The summed E-state index contributed by atoms with van der Waals surface area (Å²) in [7, 11) is 0. The Morgan fingerprint density at radius 2 is 1.95 bits per heavy atom. The summed E-state index contributed by atoms with van der Waals surface area (Å²) in [6.45, 7) is 8.20. The fourth-order valence-corrected chi connectivity index (χ4v) is 3.60. The van der Waals surface area contributed by atoms with Crippen molar-refractivity contribution in [1.29, 1.82) is 0 Å². The van der Waals surface area contributed by atoms with Crippen LogP contribution in [0.1, 0.15) is 24.8 Å². The third kappa shape index (κ3) is 3.51. The highest BCUT2D eigenvalue weighted by Crippen LogP contribution is 2.38. The first kappa shape index (κ1) is 14.4. The molecule has 2 rings (SSSR count). The zero-order chi connectivity index (χ0) is 13.7. The van der Waals surface area contributed by atoms with Crippen LogP contribution in [0.4, 0.5) is 0 Å². The molecule has 19 heavy (non-hydrogen) atoms. The van der Waals surface area contributed by atoms with Gasteiger partial charge < -0.3 is 9.80 Å². The Labute approximate surface area is 120 Å². The Kier molecular flexibility index (Phi) is 5.28. The zero-order valence-electron chi connectivity index (χ0n) is 11.7. The molecule has 3 nitrogen and oxygen atoms in total. The van der Waals surface area contributed by atoms with Gasteiger partial charge in [0, 0.05) is 13.1 Å². The Morgan fingerprint density at radius 3 is 2.58 bits per heavy atom. The van der Waals surface area contributed by atoms with Crippen LogP contribution in [0, 0.1) is 0 Å². The number of hydrogen-bond acceptors (Lipinski definition) is 3. The van der Waals surface area contributed by atoms with Crippen LogP contribution < -0.4 is 0 Å².